The van der Waals surface area contributed by atoms with Crippen LogP contribution in [-0.2, 0) is 5.41 Å². The summed E-state index contributed by atoms with van der Waals surface area (Å²) in [5, 5.41) is 4.72. The number of aromatic nitrogens is 5. The molecule has 0 fully saturated rings. The largest absolute Gasteiger partial charge is 0.458 e. The predicted molar refractivity (Wildman–Crippen MR) is 336 cm³/mol. The fraction of sp³-hybridized carbons (Fsp3) is 0.0526. The zero-order valence-electron chi connectivity index (χ0n) is 45.5. The van der Waals surface area contributed by atoms with Gasteiger partial charge in [0.15, 0.2) is 0 Å². The second kappa shape index (κ2) is 18.5. The molecule has 0 aliphatic carbocycles. The van der Waals surface area contributed by atoms with Crippen molar-refractivity contribution in [3.8, 4) is 90.0 Å². The van der Waals surface area contributed by atoms with Gasteiger partial charge in [-0.25, -0.2) is 4.98 Å². The highest BCUT2D eigenvalue weighted by Gasteiger charge is 2.29. The molecule has 0 amide bonds. The quantitative estimate of drug-likeness (QED) is 0.118. The van der Waals surface area contributed by atoms with E-state index in [9.17, 15) is 0 Å². The van der Waals surface area contributed by atoms with E-state index in [1.54, 1.807) is 0 Å². The number of fused-ring (bicyclic) bond motifs is 13. The van der Waals surface area contributed by atoms with Crippen molar-refractivity contribution in [1.82, 2.24) is 18.7 Å². The molecule has 0 spiro atoms. The van der Waals surface area contributed by atoms with Crippen LogP contribution >= 0.6 is 0 Å². The molecule has 0 unspecified atom stereocenters. The summed E-state index contributed by atoms with van der Waals surface area (Å²) in [6.45, 7) is 6.73. The molecule has 1 aliphatic rings. The van der Waals surface area contributed by atoms with Gasteiger partial charge in [0, 0.05) is 39.4 Å². The Hall–Kier alpha value is -10.6. The summed E-state index contributed by atoms with van der Waals surface area (Å²) in [5.41, 5.74) is 21.9. The van der Waals surface area contributed by atoms with Crippen molar-refractivity contribution < 1.29 is 9.30 Å². The van der Waals surface area contributed by atoms with E-state index >= 15 is 0 Å². The van der Waals surface area contributed by atoms with Crippen molar-refractivity contribution in [3.05, 3.63) is 279 Å². The van der Waals surface area contributed by atoms with Crippen molar-refractivity contribution >= 4 is 54.6 Å². The van der Waals surface area contributed by atoms with Crippen LogP contribution in [0.25, 0.3) is 133 Å². The molecule has 11 aromatic carbocycles. The first kappa shape index (κ1) is 47.4. The first-order valence-electron chi connectivity index (χ1n) is 28.1. The number of imidazole rings is 1. The van der Waals surface area contributed by atoms with Crippen LogP contribution in [0.5, 0.6) is 11.5 Å². The topological polar surface area (TPSA) is 40.8 Å². The second-order valence-electron chi connectivity index (χ2n) is 22.5. The van der Waals surface area contributed by atoms with E-state index in [-0.39, 0.29) is 5.41 Å². The van der Waals surface area contributed by atoms with Crippen LogP contribution in [-0.4, -0.2) is 18.7 Å². The fourth-order valence-corrected chi connectivity index (χ4v) is 12.9. The lowest BCUT2D eigenvalue weighted by Gasteiger charge is -2.20. The van der Waals surface area contributed by atoms with Crippen molar-refractivity contribution in [2.24, 2.45) is 0 Å². The lowest BCUT2D eigenvalue weighted by molar-refractivity contribution is -0.570. The molecule has 388 valence electrons. The lowest BCUT2D eigenvalue weighted by Crippen LogP contribution is -2.32. The third-order valence-corrected chi connectivity index (χ3v) is 16.7. The Morgan fingerprint density at radius 2 is 0.939 bits per heavy atom. The van der Waals surface area contributed by atoms with Crippen LogP contribution in [0.1, 0.15) is 26.3 Å². The summed E-state index contributed by atoms with van der Waals surface area (Å²) in [5.74, 6) is 2.29. The minimum atomic E-state index is -0.0471. The van der Waals surface area contributed by atoms with Crippen LogP contribution in [0.15, 0.2) is 267 Å². The Bertz CT molecular complexity index is 5020. The average molecular weight is 1050 g/mol. The molecule has 0 N–H and O–H groups in total. The maximum absolute atomic E-state index is 7.06. The first-order chi connectivity index (χ1) is 40.3. The fourth-order valence-electron chi connectivity index (χ4n) is 12.9. The van der Waals surface area contributed by atoms with Gasteiger partial charge in [0.25, 0.3) is 6.33 Å². The Morgan fingerprint density at radius 3 is 1.63 bits per heavy atom. The number of pyridine rings is 1. The molecule has 0 atom stereocenters. The molecule has 5 heterocycles. The predicted octanol–water partition coefficient (Wildman–Crippen LogP) is 19.0. The number of nitrogens with zero attached hydrogens (tertiary/aromatic N) is 5. The molecule has 16 rings (SSSR count). The van der Waals surface area contributed by atoms with Gasteiger partial charge in [0.2, 0.25) is 0 Å². The van der Waals surface area contributed by atoms with Crippen LogP contribution < -0.4 is 9.30 Å². The first-order valence-corrected chi connectivity index (χ1v) is 28.1. The summed E-state index contributed by atoms with van der Waals surface area (Å²) in [7, 11) is 0. The number of benzene rings is 11. The van der Waals surface area contributed by atoms with Crippen LogP contribution in [0.3, 0.4) is 0 Å². The van der Waals surface area contributed by atoms with Gasteiger partial charge in [-0.05, 0) is 128 Å². The highest BCUT2D eigenvalue weighted by Crippen LogP contribution is 2.48. The summed E-state index contributed by atoms with van der Waals surface area (Å²) in [4.78, 5) is 4.96. The number of para-hydroxylation sites is 5. The molecular weight excluding hydrogens is 999 g/mol. The number of hydrogen-bond acceptors (Lipinski definition) is 2. The summed E-state index contributed by atoms with van der Waals surface area (Å²) in [6, 6.07) is 94.2. The molecule has 0 radical (unpaired) electrons. The molecule has 15 aromatic rings. The molecule has 82 heavy (non-hydrogen) atoms. The smallest absolute Gasteiger partial charge is 0.269 e. The molecule has 0 saturated carbocycles. The van der Waals surface area contributed by atoms with Gasteiger partial charge in [0.1, 0.15) is 17.3 Å². The van der Waals surface area contributed by atoms with Crippen molar-refractivity contribution in [2.45, 2.75) is 26.2 Å². The Kier molecular flexibility index (Phi) is 10.7. The molecule has 4 aromatic heterocycles. The van der Waals surface area contributed by atoms with Crippen molar-refractivity contribution in [1.29, 1.82) is 0 Å². The normalized spacial score (nSPS) is 12.1. The zero-order valence-corrected chi connectivity index (χ0v) is 45.5. The number of rotatable bonds is 7. The highest BCUT2D eigenvalue weighted by atomic mass is 16.5. The van der Waals surface area contributed by atoms with Crippen molar-refractivity contribution in [3.63, 3.8) is 0 Å². The SMILES string of the molecule is CC(C)(C)c1ccnc(-n2c3ccccc3c3ccc(Oc4cccc(-n5[c-][n+]6c7c(ccc(-c8ccccc8-n8c9ccccc9c9ccccc98)c75)-c5ccccc5-c5ccccc5-c5cccc(-c7ccccc7)c5-6)c4)cc32)c1. The van der Waals surface area contributed by atoms with Gasteiger partial charge in [0.05, 0.1) is 50.2 Å². The van der Waals surface area contributed by atoms with Crippen LogP contribution in [0.4, 0.5) is 0 Å². The summed E-state index contributed by atoms with van der Waals surface area (Å²) < 4.78 is 16.4. The van der Waals surface area contributed by atoms with E-state index in [1.165, 1.54) is 27.5 Å². The Morgan fingerprint density at radius 1 is 0.402 bits per heavy atom. The van der Waals surface area contributed by atoms with Gasteiger partial charge in [-0.1, -0.05) is 209 Å². The molecule has 6 nitrogen and oxygen atoms in total. The van der Waals surface area contributed by atoms with E-state index in [2.05, 4.69) is 306 Å². The van der Waals surface area contributed by atoms with Gasteiger partial charge in [-0.15, -0.1) is 0 Å². The third kappa shape index (κ3) is 7.41. The minimum absolute atomic E-state index is 0.0471. The highest BCUT2D eigenvalue weighted by molar-refractivity contribution is 6.12. The maximum Gasteiger partial charge on any atom is 0.269 e. The summed E-state index contributed by atoms with van der Waals surface area (Å²) >= 11 is 0. The van der Waals surface area contributed by atoms with Gasteiger partial charge < -0.3 is 9.30 Å². The average Bonchev–Trinajstić information content (AvgIpc) is 4.23. The lowest BCUT2D eigenvalue weighted by atomic mass is 9.88. The molecular formula is C76H53N5O. The standard InChI is InChI=1S/C76H53N5O/c1-76(2,3)50-43-44-77-72(45-50)81-70-38-18-13-31-61(70)63-40-39-53(47-71(63)81)82-52-24-19-23-51(46-52)78-48-79-73-54(49-21-5-4-6-22-49)33-20-34-64(73)57-27-9-7-25-55(57)56-26-8-10-28-58(56)65-41-42-66(74(78)75(65)79)62-32-14-17-37-69(62)80-67-35-15-11-29-59(67)60-30-12-16-36-68(60)80/h4-47H,1-3H3. The Labute approximate surface area is 475 Å². The van der Waals surface area contributed by atoms with E-state index in [4.69, 9.17) is 9.72 Å². The van der Waals surface area contributed by atoms with Crippen molar-refractivity contribution in [2.75, 3.05) is 0 Å². The van der Waals surface area contributed by atoms with E-state index < -0.39 is 0 Å². The molecule has 0 saturated heterocycles. The Balaban J connectivity index is 0.967. The second-order valence-corrected chi connectivity index (χ2v) is 22.5. The van der Waals surface area contributed by atoms with Gasteiger partial charge in [-0.2, -0.15) is 0 Å². The monoisotopic (exact) mass is 1050 g/mol. The third-order valence-electron chi connectivity index (χ3n) is 16.7. The van der Waals surface area contributed by atoms with E-state index in [0.29, 0.717) is 5.75 Å². The molecule has 1 aliphatic heterocycles. The zero-order chi connectivity index (χ0) is 54.6. The van der Waals surface area contributed by atoms with E-state index in [1.807, 2.05) is 6.20 Å². The van der Waals surface area contributed by atoms with Crippen LogP contribution in [0.2, 0.25) is 0 Å². The van der Waals surface area contributed by atoms with Gasteiger partial charge in [-0.3, -0.25) is 13.7 Å². The summed E-state index contributed by atoms with van der Waals surface area (Å²) in [6.07, 6.45) is 6.05. The maximum atomic E-state index is 7.06. The van der Waals surface area contributed by atoms with E-state index in [0.717, 1.165) is 117 Å². The molecule has 0 bridgehead atoms. The number of hydrogen-bond donors (Lipinski definition) is 0. The minimum Gasteiger partial charge on any atom is -0.458 e. The van der Waals surface area contributed by atoms with Gasteiger partial charge >= 0.3 is 0 Å². The van der Waals surface area contributed by atoms with Crippen LogP contribution in [0, 0.1) is 6.33 Å². The number of ether oxygens (including phenoxy) is 1. The molecule has 6 heteroatoms.